The van der Waals surface area contributed by atoms with Crippen molar-refractivity contribution in [1.29, 1.82) is 0 Å². The second-order valence-corrected chi connectivity index (χ2v) is 6.64. The molecule has 0 aromatic rings. The van der Waals surface area contributed by atoms with Crippen LogP contribution in [0.2, 0.25) is 0 Å². The topological polar surface area (TPSA) is 50.8 Å². The van der Waals surface area contributed by atoms with Crippen LogP contribution in [0.15, 0.2) is 0 Å². The quantitative estimate of drug-likeness (QED) is 0.852. The van der Waals surface area contributed by atoms with Crippen LogP contribution in [0.3, 0.4) is 0 Å². The summed E-state index contributed by atoms with van der Waals surface area (Å²) in [6.07, 6.45) is 8.92. The van der Waals surface area contributed by atoms with Crippen molar-refractivity contribution >= 4 is 6.03 Å². The summed E-state index contributed by atoms with van der Waals surface area (Å²) in [6, 6.07) is 0.130. The maximum absolute atomic E-state index is 12.2. The lowest BCUT2D eigenvalue weighted by Gasteiger charge is -2.35. The van der Waals surface area contributed by atoms with Crippen LogP contribution in [-0.2, 0) is 9.47 Å². The van der Waals surface area contributed by atoms with E-state index in [0.717, 1.165) is 71.4 Å². The van der Waals surface area contributed by atoms with Gasteiger partial charge in [0, 0.05) is 32.5 Å². The Kier molecular flexibility index (Phi) is 5.01. The molecule has 2 aliphatic heterocycles. The first-order valence-electron chi connectivity index (χ1n) is 8.58. The molecule has 1 aliphatic carbocycles. The fraction of sp³-hybridized carbons (Fsp3) is 0.938. The molecule has 0 aromatic heterocycles. The highest BCUT2D eigenvalue weighted by molar-refractivity contribution is 5.74. The summed E-state index contributed by atoms with van der Waals surface area (Å²) in [7, 11) is 0. The van der Waals surface area contributed by atoms with E-state index >= 15 is 0 Å². The van der Waals surface area contributed by atoms with E-state index < -0.39 is 0 Å². The van der Waals surface area contributed by atoms with E-state index in [0.29, 0.717) is 5.92 Å². The average Bonchev–Trinajstić information content (AvgIpc) is 2.79. The van der Waals surface area contributed by atoms with Gasteiger partial charge in [0.15, 0.2) is 5.79 Å². The van der Waals surface area contributed by atoms with Crippen LogP contribution >= 0.6 is 0 Å². The van der Waals surface area contributed by atoms with E-state index in [1.165, 1.54) is 12.8 Å². The molecular formula is C16H28N2O3. The Balaban J connectivity index is 1.38. The fourth-order valence-electron chi connectivity index (χ4n) is 3.72. The third-order valence-electron chi connectivity index (χ3n) is 5.12. The monoisotopic (exact) mass is 296 g/mol. The van der Waals surface area contributed by atoms with Crippen LogP contribution in [0.5, 0.6) is 0 Å². The van der Waals surface area contributed by atoms with Crippen molar-refractivity contribution in [3.63, 3.8) is 0 Å². The molecule has 0 aromatic carbocycles. The molecular weight excluding hydrogens is 268 g/mol. The third-order valence-corrected chi connectivity index (χ3v) is 5.12. The molecule has 3 rings (SSSR count). The Morgan fingerprint density at radius 2 is 1.67 bits per heavy atom. The average molecular weight is 296 g/mol. The summed E-state index contributed by atoms with van der Waals surface area (Å²) >= 11 is 0. The van der Waals surface area contributed by atoms with E-state index in [4.69, 9.17) is 9.47 Å². The largest absolute Gasteiger partial charge is 0.348 e. The lowest BCUT2D eigenvalue weighted by Crippen LogP contribution is -2.44. The number of urea groups is 1. The van der Waals surface area contributed by atoms with E-state index in [1.807, 2.05) is 4.90 Å². The summed E-state index contributed by atoms with van der Waals surface area (Å²) in [5.41, 5.74) is 0. The van der Waals surface area contributed by atoms with Crippen LogP contribution < -0.4 is 5.32 Å². The number of rotatable bonds is 2. The molecule has 0 atom stereocenters. The number of likely N-dealkylation sites (tertiary alicyclic amines) is 1. The van der Waals surface area contributed by atoms with Gasteiger partial charge in [0.1, 0.15) is 0 Å². The second kappa shape index (κ2) is 6.97. The smallest absolute Gasteiger partial charge is 0.317 e. The van der Waals surface area contributed by atoms with Crippen molar-refractivity contribution in [2.75, 3.05) is 32.8 Å². The SMILES string of the molecule is O=C(NCC1CCC2(CC1)OCCO2)N1CCCCCC1. The molecule has 1 N–H and O–H groups in total. The number of amides is 2. The number of nitrogens with zero attached hydrogens (tertiary/aromatic N) is 1. The fourth-order valence-corrected chi connectivity index (χ4v) is 3.72. The third kappa shape index (κ3) is 3.89. The predicted molar refractivity (Wildman–Crippen MR) is 80.0 cm³/mol. The highest BCUT2D eigenvalue weighted by Crippen LogP contribution is 2.37. The van der Waals surface area contributed by atoms with Crippen molar-refractivity contribution in [2.45, 2.75) is 57.2 Å². The number of carbonyl (C=O) groups is 1. The van der Waals surface area contributed by atoms with Crippen molar-refractivity contribution < 1.29 is 14.3 Å². The van der Waals surface area contributed by atoms with E-state index in [2.05, 4.69) is 5.32 Å². The number of nitrogens with one attached hydrogen (secondary N) is 1. The van der Waals surface area contributed by atoms with Gasteiger partial charge in [-0.25, -0.2) is 4.79 Å². The minimum Gasteiger partial charge on any atom is -0.348 e. The molecule has 2 amide bonds. The van der Waals surface area contributed by atoms with E-state index in [1.54, 1.807) is 0 Å². The zero-order valence-corrected chi connectivity index (χ0v) is 12.9. The number of hydrogen-bond donors (Lipinski definition) is 1. The molecule has 1 saturated carbocycles. The number of carbonyl (C=O) groups excluding carboxylic acids is 1. The summed E-state index contributed by atoms with van der Waals surface area (Å²) < 4.78 is 11.5. The van der Waals surface area contributed by atoms with Gasteiger partial charge in [-0.15, -0.1) is 0 Å². The molecule has 21 heavy (non-hydrogen) atoms. The normalized spacial score (nSPS) is 26.8. The van der Waals surface area contributed by atoms with Gasteiger partial charge in [0.2, 0.25) is 0 Å². The van der Waals surface area contributed by atoms with Gasteiger partial charge in [0.05, 0.1) is 13.2 Å². The highest BCUT2D eigenvalue weighted by atomic mass is 16.7. The number of ether oxygens (including phenoxy) is 2. The standard InChI is InChI=1S/C16H28N2O3/c19-15(18-9-3-1-2-4-10-18)17-13-14-5-7-16(8-6-14)20-11-12-21-16/h14H,1-13H2,(H,17,19). The molecule has 1 spiro atoms. The Hall–Kier alpha value is -0.810. The van der Waals surface area contributed by atoms with Crippen LogP contribution in [0.25, 0.3) is 0 Å². The van der Waals surface area contributed by atoms with Gasteiger partial charge in [-0.3, -0.25) is 0 Å². The molecule has 0 radical (unpaired) electrons. The molecule has 0 bridgehead atoms. The van der Waals surface area contributed by atoms with E-state index in [-0.39, 0.29) is 11.8 Å². The number of hydrogen-bond acceptors (Lipinski definition) is 3. The molecule has 5 nitrogen and oxygen atoms in total. The first-order chi connectivity index (χ1) is 10.3. The van der Waals surface area contributed by atoms with Gasteiger partial charge in [0.25, 0.3) is 0 Å². The summed E-state index contributed by atoms with van der Waals surface area (Å²) in [5.74, 6) is 0.282. The Labute approximate surface area is 127 Å². The zero-order valence-electron chi connectivity index (χ0n) is 12.9. The summed E-state index contributed by atoms with van der Waals surface area (Å²) in [6.45, 7) is 4.10. The Bertz CT molecular complexity index is 337. The van der Waals surface area contributed by atoms with Crippen molar-refractivity contribution in [2.24, 2.45) is 5.92 Å². The van der Waals surface area contributed by atoms with Crippen LogP contribution in [-0.4, -0.2) is 49.6 Å². The van der Waals surface area contributed by atoms with Crippen LogP contribution in [0.4, 0.5) is 4.79 Å². The van der Waals surface area contributed by atoms with Crippen molar-refractivity contribution in [3.8, 4) is 0 Å². The van der Waals surface area contributed by atoms with Gasteiger partial charge in [-0.05, 0) is 31.6 Å². The zero-order chi connectivity index (χ0) is 14.5. The minimum absolute atomic E-state index is 0.130. The molecule has 3 aliphatic rings. The minimum atomic E-state index is -0.286. The maximum Gasteiger partial charge on any atom is 0.317 e. The van der Waals surface area contributed by atoms with Gasteiger partial charge in [-0.2, -0.15) is 0 Å². The molecule has 2 heterocycles. The highest BCUT2D eigenvalue weighted by Gasteiger charge is 2.40. The summed E-state index contributed by atoms with van der Waals surface area (Å²) in [5, 5.41) is 3.13. The first kappa shape index (κ1) is 15.1. The molecule has 3 fully saturated rings. The molecule has 0 unspecified atom stereocenters. The van der Waals surface area contributed by atoms with Crippen molar-refractivity contribution in [1.82, 2.24) is 10.2 Å². The lowest BCUT2D eigenvalue weighted by molar-refractivity contribution is -0.182. The predicted octanol–water partition coefficient (Wildman–Crippen LogP) is 2.51. The first-order valence-corrected chi connectivity index (χ1v) is 8.58. The molecule has 5 heteroatoms. The van der Waals surface area contributed by atoms with Gasteiger partial charge in [-0.1, -0.05) is 12.8 Å². The second-order valence-electron chi connectivity index (χ2n) is 6.64. The van der Waals surface area contributed by atoms with Crippen LogP contribution in [0, 0.1) is 5.92 Å². The van der Waals surface area contributed by atoms with E-state index in [9.17, 15) is 4.79 Å². The van der Waals surface area contributed by atoms with Crippen LogP contribution in [0.1, 0.15) is 51.4 Å². The lowest BCUT2D eigenvalue weighted by atomic mass is 9.85. The Morgan fingerprint density at radius 1 is 1.05 bits per heavy atom. The Morgan fingerprint density at radius 3 is 2.29 bits per heavy atom. The molecule has 2 saturated heterocycles. The van der Waals surface area contributed by atoms with Gasteiger partial charge < -0.3 is 19.7 Å². The molecule has 120 valence electrons. The maximum atomic E-state index is 12.2. The van der Waals surface area contributed by atoms with Crippen molar-refractivity contribution in [3.05, 3.63) is 0 Å². The van der Waals surface area contributed by atoms with Gasteiger partial charge >= 0.3 is 6.03 Å². The summed E-state index contributed by atoms with van der Waals surface area (Å²) in [4.78, 5) is 14.2.